The van der Waals surface area contributed by atoms with Gasteiger partial charge in [-0.25, -0.2) is 0 Å². The Morgan fingerprint density at radius 2 is 2.37 bits per heavy atom. The predicted molar refractivity (Wildman–Crippen MR) is 78.9 cm³/mol. The Morgan fingerprint density at radius 1 is 1.58 bits per heavy atom. The van der Waals surface area contributed by atoms with Gasteiger partial charge in [0.1, 0.15) is 0 Å². The molecule has 3 unspecified atom stereocenters. The molecular weight excluding hydrogens is 258 g/mol. The lowest BCUT2D eigenvalue weighted by atomic mass is 9.94. The maximum absolute atomic E-state index is 11.7. The monoisotopic (exact) mass is 281 g/mol. The summed E-state index contributed by atoms with van der Waals surface area (Å²) in [5.74, 6) is -0.218. The lowest BCUT2D eigenvalue weighted by Crippen LogP contribution is -2.53. The first kappa shape index (κ1) is 14.5. The number of amides is 1. The summed E-state index contributed by atoms with van der Waals surface area (Å²) in [5.41, 5.74) is 11.9. The Labute approximate surface area is 118 Å². The van der Waals surface area contributed by atoms with E-state index in [4.69, 9.17) is 11.5 Å². The van der Waals surface area contributed by atoms with Crippen molar-refractivity contribution in [3.8, 4) is 0 Å². The molecule has 106 valence electrons. The number of carbonyl (C=O) groups is 1. The third-order valence-corrected chi connectivity index (χ3v) is 4.88. The fourth-order valence-electron chi connectivity index (χ4n) is 2.90. The van der Waals surface area contributed by atoms with Gasteiger partial charge in [-0.05, 0) is 37.3 Å². The number of hydrogen-bond acceptors (Lipinski definition) is 4. The van der Waals surface area contributed by atoms with E-state index in [2.05, 4.69) is 23.3 Å². The van der Waals surface area contributed by atoms with Gasteiger partial charge in [-0.1, -0.05) is 19.4 Å². The molecule has 0 saturated carbocycles. The van der Waals surface area contributed by atoms with Crippen LogP contribution < -0.4 is 11.5 Å². The van der Waals surface area contributed by atoms with Crippen molar-refractivity contribution < 1.29 is 4.79 Å². The Bertz CT molecular complexity index is 407. The van der Waals surface area contributed by atoms with Gasteiger partial charge < -0.3 is 11.5 Å². The topological polar surface area (TPSA) is 72.3 Å². The maximum atomic E-state index is 11.7. The number of nitrogens with two attached hydrogens (primary N) is 2. The average molecular weight is 281 g/mol. The number of likely N-dealkylation sites (tertiary alicyclic amines) is 1. The van der Waals surface area contributed by atoms with Gasteiger partial charge in [0, 0.05) is 10.9 Å². The summed E-state index contributed by atoms with van der Waals surface area (Å²) in [6.45, 7) is 3.00. The number of rotatable bonds is 5. The van der Waals surface area contributed by atoms with Crippen molar-refractivity contribution in [3.63, 3.8) is 0 Å². The molecule has 2 heterocycles. The summed E-state index contributed by atoms with van der Waals surface area (Å²) in [5, 5.41) is 2.06. The Balaban J connectivity index is 2.28. The number of nitrogens with zero attached hydrogens (tertiary/aromatic N) is 1. The number of carbonyl (C=O) groups excluding carboxylic acids is 1. The number of primary amides is 1. The molecule has 4 N–H and O–H groups in total. The molecule has 0 aromatic carbocycles. The summed E-state index contributed by atoms with van der Waals surface area (Å²) in [7, 11) is 0. The molecule has 19 heavy (non-hydrogen) atoms. The fourth-order valence-corrected chi connectivity index (χ4v) is 3.82. The first-order valence-corrected chi connectivity index (χ1v) is 7.87. The van der Waals surface area contributed by atoms with Crippen LogP contribution in [-0.4, -0.2) is 29.4 Å². The second-order valence-electron chi connectivity index (χ2n) is 5.18. The molecule has 1 saturated heterocycles. The number of hydrogen-bond donors (Lipinski definition) is 2. The molecule has 0 radical (unpaired) electrons. The Hall–Kier alpha value is -0.910. The van der Waals surface area contributed by atoms with Gasteiger partial charge >= 0.3 is 0 Å². The van der Waals surface area contributed by atoms with Crippen LogP contribution in [0.2, 0.25) is 0 Å². The molecule has 1 aromatic rings. The van der Waals surface area contributed by atoms with E-state index in [1.807, 2.05) is 6.07 Å². The summed E-state index contributed by atoms with van der Waals surface area (Å²) >= 11 is 1.71. The van der Waals surface area contributed by atoms with Gasteiger partial charge in [0.15, 0.2) is 0 Å². The minimum Gasteiger partial charge on any atom is -0.368 e. The minimum absolute atomic E-state index is 0.0404. The quantitative estimate of drug-likeness (QED) is 0.865. The van der Waals surface area contributed by atoms with E-state index in [1.54, 1.807) is 11.3 Å². The van der Waals surface area contributed by atoms with E-state index < -0.39 is 0 Å². The van der Waals surface area contributed by atoms with Gasteiger partial charge in [0.05, 0.1) is 12.1 Å². The predicted octanol–water partition coefficient (Wildman–Crippen LogP) is 1.87. The highest BCUT2D eigenvalue weighted by Crippen LogP contribution is 2.33. The van der Waals surface area contributed by atoms with Gasteiger partial charge in [-0.15, -0.1) is 11.3 Å². The van der Waals surface area contributed by atoms with Gasteiger partial charge in [0.2, 0.25) is 5.91 Å². The maximum Gasteiger partial charge on any atom is 0.234 e. The standard InChI is InChI=1S/C14H23N3OS/c1-2-10(15)13(12-7-5-9-19-12)17-8-4-3-6-11(17)14(16)18/h5,7,9-11,13H,2-4,6,8,15H2,1H3,(H2,16,18). The third-order valence-electron chi connectivity index (χ3n) is 3.94. The zero-order valence-corrected chi connectivity index (χ0v) is 12.2. The zero-order valence-electron chi connectivity index (χ0n) is 11.4. The van der Waals surface area contributed by atoms with Crippen molar-refractivity contribution in [2.24, 2.45) is 11.5 Å². The molecule has 1 aliphatic heterocycles. The van der Waals surface area contributed by atoms with Crippen LogP contribution in [0.1, 0.15) is 43.5 Å². The molecule has 2 rings (SSSR count). The fraction of sp³-hybridized carbons (Fsp3) is 0.643. The molecule has 4 nitrogen and oxygen atoms in total. The average Bonchev–Trinajstić information content (AvgIpc) is 2.93. The highest BCUT2D eigenvalue weighted by Gasteiger charge is 2.35. The first-order chi connectivity index (χ1) is 9.15. The molecule has 0 spiro atoms. The van der Waals surface area contributed by atoms with Gasteiger partial charge in [0.25, 0.3) is 0 Å². The van der Waals surface area contributed by atoms with Crippen molar-refractivity contribution >= 4 is 17.2 Å². The van der Waals surface area contributed by atoms with Gasteiger partial charge in [-0.3, -0.25) is 9.69 Å². The third kappa shape index (κ3) is 3.16. The van der Waals surface area contributed by atoms with E-state index >= 15 is 0 Å². The van der Waals surface area contributed by atoms with E-state index in [9.17, 15) is 4.79 Å². The normalized spacial score (nSPS) is 24.0. The summed E-state index contributed by atoms with van der Waals surface area (Å²) in [6.07, 6.45) is 3.93. The smallest absolute Gasteiger partial charge is 0.234 e. The molecule has 1 amide bonds. The Morgan fingerprint density at radius 3 is 2.95 bits per heavy atom. The largest absolute Gasteiger partial charge is 0.368 e. The molecule has 0 aliphatic carbocycles. The Kier molecular flexibility index (Phi) is 4.96. The van der Waals surface area contributed by atoms with E-state index in [0.29, 0.717) is 0 Å². The van der Waals surface area contributed by atoms with Crippen molar-refractivity contribution in [3.05, 3.63) is 22.4 Å². The molecule has 5 heteroatoms. The van der Waals surface area contributed by atoms with Crippen LogP contribution in [0.4, 0.5) is 0 Å². The van der Waals surface area contributed by atoms with Crippen LogP contribution in [0.5, 0.6) is 0 Å². The van der Waals surface area contributed by atoms with Crippen molar-refractivity contribution in [1.82, 2.24) is 4.90 Å². The lowest BCUT2D eigenvalue weighted by molar-refractivity contribution is -0.125. The second kappa shape index (κ2) is 6.50. The van der Waals surface area contributed by atoms with Crippen LogP contribution >= 0.6 is 11.3 Å². The van der Waals surface area contributed by atoms with Gasteiger partial charge in [-0.2, -0.15) is 0 Å². The molecule has 3 atom stereocenters. The van der Waals surface area contributed by atoms with Crippen molar-refractivity contribution in [2.45, 2.75) is 50.7 Å². The van der Waals surface area contributed by atoms with Crippen molar-refractivity contribution in [1.29, 1.82) is 0 Å². The van der Waals surface area contributed by atoms with Crippen molar-refractivity contribution in [2.75, 3.05) is 6.54 Å². The minimum atomic E-state index is -0.218. The first-order valence-electron chi connectivity index (χ1n) is 6.99. The SMILES string of the molecule is CCC(N)C(c1cccs1)N1CCCCC1C(N)=O. The van der Waals surface area contributed by atoms with Crippen LogP contribution in [0.25, 0.3) is 0 Å². The molecular formula is C14H23N3OS. The van der Waals surface area contributed by atoms with Crippen LogP contribution in [-0.2, 0) is 4.79 Å². The number of piperidine rings is 1. The van der Waals surface area contributed by atoms with E-state index in [0.717, 1.165) is 32.2 Å². The van der Waals surface area contributed by atoms with E-state index in [1.165, 1.54) is 4.88 Å². The molecule has 0 bridgehead atoms. The summed E-state index contributed by atoms with van der Waals surface area (Å²) in [4.78, 5) is 15.2. The molecule has 1 fully saturated rings. The highest BCUT2D eigenvalue weighted by molar-refractivity contribution is 7.10. The second-order valence-corrected chi connectivity index (χ2v) is 6.16. The van der Waals surface area contributed by atoms with Crippen LogP contribution in [0.15, 0.2) is 17.5 Å². The van der Waals surface area contributed by atoms with Crippen LogP contribution in [0, 0.1) is 0 Å². The number of thiophene rings is 1. The lowest BCUT2D eigenvalue weighted by Gasteiger charge is -2.41. The van der Waals surface area contributed by atoms with Crippen LogP contribution in [0.3, 0.4) is 0 Å². The highest BCUT2D eigenvalue weighted by atomic mass is 32.1. The molecule has 1 aromatic heterocycles. The van der Waals surface area contributed by atoms with E-state index in [-0.39, 0.29) is 24.0 Å². The zero-order chi connectivity index (χ0) is 13.8. The molecule has 1 aliphatic rings. The summed E-state index contributed by atoms with van der Waals surface area (Å²) in [6, 6.07) is 4.13. The summed E-state index contributed by atoms with van der Waals surface area (Å²) < 4.78 is 0.